The number of allylic oxidation sites excluding steroid dienone is 4. The Morgan fingerprint density at radius 2 is 2.21 bits per heavy atom. The highest BCUT2D eigenvalue weighted by Crippen LogP contribution is 2.32. The van der Waals surface area contributed by atoms with Gasteiger partial charge in [0.15, 0.2) is 5.13 Å². The van der Waals surface area contributed by atoms with E-state index in [9.17, 15) is 0 Å². The number of hydrogen-bond donors (Lipinski definition) is 0. The second-order valence-electron chi connectivity index (χ2n) is 5.60. The highest BCUT2D eigenvalue weighted by atomic mass is 32.1. The summed E-state index contributed by atoms with van der Waals surface area (Å²) in [4.78, 5) is 11.4. The molecule has 24 heavy (non-hydrogen) atoms. The first-order valence-corrected chi connectivity index (χ1v) is 8.75. The lowest BCUT2D eigenvalue weighted by Gasteiger charge is -2.18. The topological polar surface area (TPSA) is 57.7 Å². The number of thiazole rings is 1. The molecule has 0 amide bonds. The third kappa shape index (κ3) is 3.74. The maximum atomic E-state index is 8.87. The predicted octanol–water partition coefficient (Wildman–Crippen LogP) is 4.39. The monoisotopic (exact) mass is 341 g/mol. The van der Waals surface area contributed by atoms with Gasteiger partial charge < -0.3 is 9.47 Å². The number of nitrogens with zero attached hydrogens (tertiary/aromatic N) is 5. The second-order valence-corrected chi connectivity index (χ2v) is 6.43. The summed E-state index contributed by atoms with van der Waals surface area (Å²) < 4.78 is 2.05. The van der Waals surface area contributed by atoms with Crippen molar-refractivity contribution in [2.24, 2.45) is 7.05 Å². The van der Waals surface area contributed by atoms with Gasteiger partial charge in [-0.25, -0.2) is 9.97 Å². The van der Waals surface area contributed by atoms with Crippen molar-refractivity contribution in [2.45, 2.75) is 33.6 Å². The van der Waals surface area contributed by atoms with E-state index in [1.807, 2.05) is 40.1 Å². The van der Waals surface area contributed by atoms with Crippen LogP contribution in [0.15, 0.2) is 23.6 Å². The lowest BCUT2D eigenvalue weighted by Crippen LogP contribution is -2.15. The number of anilines is 2. The maximum Gasteiger partial charge on any atom is 0.191 e. The molecule has 0 N–H and O–H groups in total. The largest absolute Gasteiger partial charge is 0.318 e. The van der Waals surface area contributed by atoms with Crippen LogP contribution in [0, 0.1) is 18.3 Å². The fourth-order valence-electron chi connectivity index (χ4n) is 2.44. The van der Waals surface area contributed by atoms with E-state index < -0.39 is 0 Å². The Labute approximate surface area is 147 Å². The minimum atomic E-state index is 0.464. The summed E-state index contributed by atoms with van der Waals surface area (Å²) >= 11 is 1.61. The van der Waals surface area contributed by atoms with Gasteiger partial charge in [-0.3, -0.25) is 0 Å². The minimum absolute atomic E-state index is 0.464. The smallest absolute Gasteiger partial charge is 0.191 e. The predicted molar refractivity (Wildman–Crippen MR) is 101 cm³/mol. The van der Waals surface area contributed by atoms with E-state index in [1.54, 1.807) is 11.3 Å². The fraction of sp³-hybridized carbons (Fsp3) is 0.389. The van der Waals surface area contributed by atoms with Crippen molar-refractivity contribution in [3.63, 3.8) is 0 Å². The van der Waals surface area contributed by atoms with Gasteiger partial charge in [0.1, 0.15) is 11.6 Å². The molecule has 2 heterocycles. The Kier molecular flexibility index (Phi) is 5.93. The number of hydrogen-bond acceptors (Lipinski definition) is 5. The lowest BCUT2D eigenvalue weighted by atomic mass is 10.2. The van der Waals surface area contributed by atoms with Gasteiger partial charge in [-0.1, -0.05) is 18.2 Å². The van der Waals surface area contributed by atoms with Crippen LogP contribution >= 0.6 is 11.3 Å². The molecule has 2 rings (SSSR count). The van der Waals surface area contributed by atoms with E-state index in [4.69, 9.17) is 10.2 Å². The first-order chi connectivity index (χ1) is 11.5. The molecule has 0 aliphatic carbocycles. The molecule has 0 fully saturated rings. The Morgan fingerprint density at radius 3 is 2.88 bits per heavy atom. The molecule has 0 radical (unpaired) electrons. The highest BCUT2D eigenvalue weighted by molar-refractivity contribution is 7.13. The van der Waals surface area contributed by atoms with Gasteiger partial charge in [0, 0.05) is 32.3 Å². The van der Waals surface area contributed by atoms with Gasteiger partial charge in [-0.15, -0.1) is 11.3 Å². The number of rotatable bonds is 6. The summed E-state index contributed by atoms with van der Waals surface area (Å²) in [5, 5.41) is 11.9. The molecular weight excluding hydrogens is 318 g/mol. The Balaban J connectivity index is 2.34. The highest BCUT2D eigenvalue weighted by Gasteiger charge is 2.19. The van der Waals surface area contributed by atoms with Crippen molar-refractivity contribution in [3.8, 4) is 6.07 Å². The number of aromatic nitrogens is 3. The van der Waals surface area contributed by atoms with Gasteiger partial charge >= 0.3 is 0 Å². The number of nitriles is 1. The molecule has 0 aromatic carbocycles. The van der Waals surface area contributed by atoms with E-state index in [2.05, 4.69) is 38.9 Å². The van der Waals surface area contributed by atoms with Crippen LogP contribution in [0.25, 0.3) is 5.57 Å². The van der Waals surface area contributed by atoms with Crippen LogP contribution in [0.5, 0.6) is 0 Å². The third-order valence-electron chi connectivity index (χ3n) is 3.87. The molecule has 0 aliphatic rings. The summed E-state index contributed by atoms with van der Waals surface area (Å²) in [5.41, 5.74) is 3.06. The van der Waals surface area contributed by atoms with Gasteiger partial charge in [-0.2, -0.15) is 5.26 Å². The van der Waals surface area contributed by atoms with Gasteiger partial charge in [0.05, 0.1) is 17.5 Å². The van der Waals surface area contributed by atoms with Gasteiger partial charge in [-0.05, 0) is 26.3 Å². The van der Waals surface area contributed by atoms with E-state index >= 15 is 0 Å². The summed E-state index contributed by atoms with van der Waals surface area (Å²) in [7, 11) is 4.00. The van der Waals surface area contributed by atoms with E-state index in [1.165, 1.54) is 0 Å². The lowest BCUT2D eigenvalue weighted by molar-refractivity contribution is 0.843. The fourth-order valence-corrected chi connectivity index (χ4v) is 3.30. The summed E-state index contributed by atoms with van der Waals surface area (Å²) in [6, 6.07) is 2.19. The molecule has 2 aromatic rings. The Bertz CT molecular complexity index is 804. The van der Waals surface area contributed by atoms with E-state index in [-0.39, 0.29) is 0 Å². The standard InChI is InChI=1S/C18H23N5S/c1-6-7-9-13(2)16-12-24-18(21-16)23(5)17-15(10-8-11-19)20-14(3)22(17)4/h6-7,9,12H,8,10H2,1-5H3. The van der Waals surface area contributed by atoms with Crippen molar-refractivity contribution in [3.05, 3.63) is 40.8 Å². The quantitative estimate of drug-likeness (QED) is 0.731. The van der Waals surface area contributed by atoms with Crippen molar-refractivity contribution in [1.82, 2.24) is 14.5 Å². The molecule has 2 aromatic heterocycles. The third-order valence-corrected chi connectivity index (χ3v) is 4.79. The van der Waals surface area contributed by atoms with Crippen molar-refractivity contribution in [2.75, 3.05) is 11.9 Å². The SMILES string of the molecule is CC=CC=C(C)c1csc(N(C)c2c(CCC#N)nc(C)n2C)n1. The molecule has 0 unspecified atom stereocenters. The first-order valence-electron chi connectivity index (χ1n) is 7.88. The summed E-state index contributed by atoms with van der Waals surface area (Å²) in [6.07, 6.45) is 7.19. The molecule has 126 valence electrons. The number of aryl methyl sites for hydroxylation is 2. The van der Waals surface area contributed by atoms with Crippen LogP contribution in [0.1, 0.15) is 37.5 Å². The van der Waals surface area contributed by atoms with Crippen molar-refractivity contribution >= 4 is 27.9 Å². The number of imidazole rings is 1. The van der Waals surface area contributed by atoms with Crippen LogP contribution in [-0.4, -0.2) is 21.6 Å². The molecule has 5 nitrogen and oxygen atoms in total. The summed E-state index contributed by atoms with van der Waals surface area (Å²) in [6.45, 7) is 6.04. The van der Waals surface area contributed by atoms with Crippen LogP contribution in [-0.2, 0) is 13.5 Å². The van der Waals surface area contributed by atoms with Crippen LogP contribution in [0.2, 0.25) is 0 Å². The van der Waals surface area contributed by atoms with Gasteiger partial charge in [0.2, 0.25) is 0 Å². The molecule has 0 atom stereocenters. The zero-order valence-corrected chi connectivity index (χ0v) is 15.7. The van der Waals surface area contributed by atoms with Crippen molar-refractivity contribution in [1.29, 1.82) is 5.26 Å². The first kappa shape index (κ1) is 18.0. The van der Waals surface area contributed by atoms with Crippen molar-refractivity contribution < 1.29 is 0 Å². The average molecular weight is 341 g/mol. The van der Waals surface area contributed by atoms with Crippen LogP contribution in [0.3, 0.4) is 0 Å². The van der Waals surface area contributed by atoms with E-state index in [0.717, 1.165) is 33.7 Å². The van der Waals surface area contributed by atoms with Gasteiger partial charge in [0.25, 0.3) is 0 Å². The molecule has 0 spiro atoms. The normalized spacial score (nSPS) is 11.9. The van der Waals surface area contributed by atoms with E-state index in [0.29, 0.717) is 12.8 Å². The molecule has 0 saturated carbocycles. The molecule has 0 aliphatic heterocycles. The molecular formula is C18H23N5S. The average Bonchev–Trinajstić information content (AvgIpc) is 3.16. The summed E-state index contributed by atoms with van der Waals surface area (Å²) in [5.74, 6) is 1.93. The Hall–Kier alpha value is -2.39. The minimum Gasteiger partial charge on any atom is -0.318 e. The Morgan fingerprint density at radius 1 is 1.46 bits per heavy atom. The second kappa shape index (κ2) is 7.93. The van der Waals surface area contributed by atoms with Crippen LogP contribution < -0.4 is 4.90 Å². The van der Waals surface area contributed by atoms with Crippen LogP contribution in [0.4, 0.5) is 10.9 Å². The molecule has 6 heteroatoms. The molecule has 0 bridgehead atoms. The zero-order valence-electron chi connectivity index (χ0n) is 14.9. The maximum absolute atomic E-state index is 8.87. The zero-order chi connectivity index (χ0) is 17.7. The molecule has 0 saturated heterocycles.